The highest BCUT2D eigenvalue weighted by Crippen LogP contribution is 2.23. The second-order valence-electron chi connectivity index (χ2n) is 7.94. The van der Waals surface area contributed by atoms with Crippen LogP contribution in [0.1, 0.15) is 43.0 Å². The lowest BCUT2D eigenvalue weighted by Crippen LogP contribution is -2.44. The SMILES string of the molecule is COc1ccc([C@H](CNC(=O)CCC(=O)N[C@@H](C)c2ccccc2)N2CCOCC2)cc1. The number of nitrogens with zero attached hydrogens (tertiary/aromatic N) is 1. The lowest BCUT2D eigenvalue weighted by Gasteiger charge is -2.35. The van der Waals surface area contributed by atoms with Crippen molar-refractivity contribution in [2.75, 3.05) is 40.0 Å². The van der Waals surface area contributed by atoms with Crippen LogP contribution in [0.15, 0.2) is 54.6 Å². The van der Waals surface area contributed by atoms with Crippen molar-refractivity contribution in [2.45, 2.75) is 31.8 Å². The van der Waals surface area contributed by atoms with Crippen molar-refractivity contribution in [1.82, 2.24) is 15.5 Å². The minimum absolute atomic E-state index is 0.0423. The van der Waals surface area contributed by atoms with Gasteiger partial charge in [-0.3, -0.25) is 14.5 Å². The fourth-order valence-corrected chi connectivity index (χ4v) is 3.84. The number of benzene rings is 2. The lowest BCUT2D eigenvalue weighted by molar-refractivity contribution is -0.127. The molecule has 7 heteroatoms. The average molecular weight is 440 g/mol. The van der Waals surface area contributed by atoms with E-state index >= 15 is 0 Å². The molecular formula is C25H33N3O4. The van der Waals surface area contributed by atoms with Crippen molar-refractivity contribution in [3.63, 3.8) is 0 Å². The summed E-state index contributed by atoms with van der Waals surface area (Å²) in [7, 11) is 1.64. The van der Waals surface area contributed by atoms with Gasteiger partial charge in [0.15, 0.2) is 0 Å². The van der Waals surface area contributed by atoms with Crippen molar-refractivity contribution in [1.29, 1.82) is 0 Å². The third kappa shape index (κ3) is 7.07. The Morgan fingerprint density at radius 1 is 0.969 bits per heavy atom. The van der Waals surface area contributed by atoms with Crippen LogP contribution in [0.5, 0.6) is 5.75 Å². The Hall–Kier alpha value is -2.90. The van der Waals surface area contributed by atoms with Crippen molar-refractivity contribution in [2.24, 2.45) is 0 Å². The molecule has 0 saturated carbocycles. The van der Waals surface area contributed by atoms with E-state index in [2.05, 4.69) is 15.5 Å². The standard InChI is InChI=1S/C25H33N3O4/c1-19(20-6-4-3-5-7-20)27-25(30)13-12-24(29)26-18-23(28-14-16-32-17-15-28)21-8-10-22(31-2)11-9-21/h3-11,19,23H,12-18H2,1-2H3,(H,26,29)(H,27,30)/t19-,23-/m0/s1. The van der Waals surface area contributed by atoms with Gasteiger partial charge in [0.25, 0.3) is 0 Å². The summed E-state index contributed by atoms with van der Waals surface area (Å²) in [4.78, 5) is 27.1. The highest BCUT2D eigenvalue weighted by Gasteiger charge is 2.23. The Morgan fingerprint density at radius 3 is 2.28 bits per heavy atom. The van der Waals surface area contributed by atoms with E-state index in [4.69, 9.17) is 9.47 Å². The molecule has 1 fully saturated rings. The Balaban J connectivity index is 1.50. The van der Waals surface area contributed by atoms with Crippen LogP contribution < -0.4 is 15.4 Å². The lowest BCUT2D eigenvalue weighted by atomic mass is 10.0. The third-order valence-corrected chi connectivity index (χ3v) is 5.74. The molecule has 1 saturated heterocycles. The zero-order valence-electron chi connectivity index (χ0n) is 18.9. The summed E-state index contributed by atoms with van der Waals surface area (Å²) < 4.78 is 10.7. The van der Waals surface area contributed by atoms with Crippen LogP contribution in [0.4, 0.5) is 0 Å². The molecule has 0 aliphatic carbocycles. The largest absolute Gasteiger partial charge is 0.497 e. The first-order valence-electron chi connectivity index (χ1n) is 11.1. The molecule has 32 heavy (non-hydrogen) atoms. The van der Waals surface area contributed by atoms with Crippen LogP contribution in [0.25, 0.3) is 0 Å². The summed E-state index contributed by atoms with van der Waals surface area (Å²) in [5.41, 5.74) is 2.15. The number of rotatable bonds is 10. The van der Waals surface area contributed by atoms with Crippen molar-refractivity contribution < 1.29 is 19.1 Å². The van der Waals surface area contributed by atoms with E-state index in [0.717, 1.165) is 30.0 Å². The molecule has 0 radical (unpaired) electrons. The number of ether oxygens (including phenoxy) is 2. The average Bonchev–Trinajstić information content (AvgIpc) is 2.84. The zero-order chi connectivity index (χ0) is 22.8. The van der Waals surface area contributed by atoms with Gasteiger partial charge in [0.2, 0.25) is 11.8 Å². The molecular weight excluding hydrogens is 406 g/mol. The number of methoxy groups -OCH3 is 1. The van der Waals surface area contributed by atoms with Crippen LogP contribution in [-0.2, 0) is 14.3 Å². The summed E-state index contributed by atoms with van der Waals surface area (Å²) in [5, 5.41) is 5.97. The van der Waals surface area contributed by atoms with Gasteiger partial charge >= 0.3 is 0 Å². The molecule has 0 spiro atoms. The van der Waals surface area contributed by atoms with E-state index in [1.54, 1.807) is 7.11 Å². The molecule has 2 aromatic rings. The van der Waals surface area contributed by atoms with Crippen LogP contribution in [0, 0.1) is 0 Å². The van der Waals surface area contributed by atoms with Crippen molar-refractivity contribution in [3.8, 4) is 5.75 Å². The smallest absolute Gasteiger partial charge is 0.220 e. The van der Waals surface area contributed by atoms with E-state index in [0.29, 0.717) is 19.8 Å². The van der Waals surface area contributed by atoms with Crippen LogP contribution >= 0.6 is 0 Å². The Bertz CT molecular complexity index is 851. The first-order valence-corrected chi connectivity index (χ1v) is 11.1. The quantitative estimate of drug-likeness (QED) is 0.595. The summed E-state index contributed by atoms with van der Waals surface area (Å²) in [6.07, 6.45) is 0.319. The normalized spacial score (nSPS) is 16.1. The number of carbonyl (C=O) groups is 2. The minimum Gasteiger partial charge on any atom is -0.497 e. The van der Waals surface area contributed by atoms with Gasteiger partial charge in [-0.2, -0.15) is 0 Å². The topological polar surface area (TPSA) is 79.9 Å². The molecule has 0 unspecified atom stereocenters. The first kappa shape index (κ1) is 23.8. The fourth-order valence-electron chi connectivity index (χ4n) is 3.84. The van der Waals surface area contributed by atoms with Crippen molar-refractivity contribution in [3.05, 3.63) is 65.7 Å². The highest BCUT2D eigenvalue weighted by molar-refractivity contribution is 5.83. The molecule has 2 amide bonds. The highest BCUT2D eigenvalue weighted by atomic mass is 16.5. The number of hydrogen-bond acceptors (Lipinski definition) is 5. The molecule has 172 valence electrons. The Labute approximate surface area is 190 Å². The van der Waals surface area contributed by atoms with Crippen LogP contribution in [0.3, 0.4) is 0 Å². The maximum Gasteiger partial charge on any atom is 0.220 e. The van der Waals surface area contributed by atoms with Crippen molar-refractivity contribution >= 4 is 11.8 Å². The van der Waals surface area contributed by atoms with Crippen LogP contribution in [-0.4, -0.2) is 56.7 Å². The van der Waals surface area contributed by atoms with Gasteiger partial charge in [0.05, 0.1) is 32.4 Å². The second kappa shape index (κ2) is 12.2. The van der Waals surface area contributed by atoms with Gasteiger partial charge < -0.3 is 20.1 Å². The number of nitrogens with one attached hydrogen (secondary N) is 2. The second-order valence-corrected chi connectivity index (χ2v) is 7.94. The first-order chi connectivity index (χ1) is 15.6. The summed E-state index contributed by atoms with van der Waals surface area (Å²) in [5.74, 6) is 0.546. The molecule has 2 N–H and O–H groups in total. The molecule has 1 aliphatic heterocycles. The third-order valence-electron chi connectivity index (χ3n) is 5.74. The number of hydrogen-bond donors (Lipinski definition) is 2. The molecule has 0 aromatic heterocycles. The van der Waals surface area contributed by atoms with E-state index in [9.17, 15) is 9.59 Å². The summed E-state index contributed by atoms with van der Waals surface area (Å²) in [6, 6.07) is 17.7. The van der Waals surface area contributed by atoms with E-state index in [1.807, 2.05) is 61.5 Å². The molecule has 2 atom stereocenters. The van der Waals surface area contributed by atoms with E-state index in [-0.39, 0.29) is 36.7 Å². The molecule has 3 rings (SSSR count). The molecule has 1 aliphatic rings. The van der Waals surface area contributed by atoms with E-state index < -0.39 is 0 Å². The Morgan fingerprint density at radius 2 is 1.62 bits per heavy atom. The molecule has 1 heterocycles. The maximum atomic E-state index is 12.5. The number of morpholine rings is 1. The Kier molecular flexibility index (Phi) is 9.07. The molecule has 2 aromatic carbocycles. The molecule has 7 nitrogen and oxygen atoms in total. The summed E-state index contributed by atoms with van der Waals surface area (Å²) >= 11 is 0. The van der Waals surface area contributed by atoms with Gasteiger partial charge in [0.1, 0.15) is 5.75 Å². The summed E-state index contributed by atoms with van der Waals surface area (Å²) in [6.45, 7) is 5.40. The zero-order valence-corrected chi connectivity index (χ0v) is 18.9. The fraction of sp³-hybridized carbons (Fsp3) is 0.440. The van der Waals surface area contributed by atoms with Gasteiger partial charge in [-0.05, 0) is 30.2 Å². The van der Waals surface area contributed by atoms with E-state index in [1.165, 1.54) is 0 Å². The van der Waals surface area contributed by atoms with Gasteiger partial charge in [-0.25, -0.2) is 0 Å². The van der Waals surface area contributed by atoms with Gasteiger partial charge in [0, 0.05) is 32.5 Å². The van der Waals surface area contributed by atoms with Gasteiger partial charge in [-0.1, -0.05) is 42.5 Å². The minimum atomic E-state index is -0.128. The number of carbonyl (C=O) groups excluding carboxylic acids is 2. The maximum absolute atomic E-state index is 12.5. The number of amides is 2. The predicted octanol–water partition coefficient (Wildman–Crippen LogP) is 2.84. The van der Waals surface area contributed by atoms with Crippen LogP contribution in [0.2, 0.25) is 0 Å². The molecule has 0 bridgehead atoms. The van der Waals surface area contributed by atoms with Gasteiger partial charge in [-0.15, -0.1) is 0 Å². The predicted molar refractivity (Wildman–Crippen MR) is 123 cm³/mol. The monoisotopic (exact) mass is 439 g/mol.